The average Bonchev–Trinajstić information content (AvgIpc) is 3.60. The van der Waals surface area contributed by atoms with Crippen molar-refractivity contribution in [3.05, 3.63) is 223 Å². The molecule has 0 aromatic heterocycles. The number of para-hydroxylation sites is 1. The van der Waals surface area contributed by atoms with Crippen molar-refractivity contribution >= 4 is 74.6 Å². The van der Waals surface area contributed by atoms with Crippen LogP contribution in [0.1, 0.15) is 51.8 Å². The van der Waals surface area contributed by atoms with Crippen LogP contribution in [0.25, 0.3) is 54.6 Å². The molecule has 10 rings (SSSR count). The van der Waals surface area contributed by atoms with E-state index >= 15 is 0 Å². The zero-order chi connectivity index (χ0) is 58.7. The predicted molar refractivity (Wildman–Crippen MR) is 306 cm³/mol. The number of carbonyl (C=O) groups excluding carboxylic acids is 6. The molecule has 0 heterocycles. The summed E-state index contributed by atoms with van der Waals surface area (Å²) >= 11 is 0. The number of methoxy groups -OCH3 is 2. The van der Waals surface area contributed by atoms with E-state index in [1.54, 1.807) is 142 Å². The first kappa shape index (κ1) is 62.1. The van der Waals surface area contributed by atoms with E-state index in [-0.39, 0.29) is 47.1 Å². The van der Waals surface area contributed by atoms with E-state index in [1.807, 2.05) is 72.8 Å². The molecule has 412 valence electrons. The summed E-state index contributed by atoms with van der Waals surface area (Å²) in [6.07, 6.45) is 0. The third-order valence-corrected chi connectivity index (χ3v) is 12.0. The van der Waals surface area contributed by atoms with Crippen LogP contribution in [0, 0.1) is 0 Å². The van der Waals surface area contributed by atoms with Gasteiger partial charge in [-0.15, -0.1) is 0 Å². The van der Waals surface area contributed by atoms with Crippen LogP contribution in [-0.2, 0) is 19.2 Å². The van der Waals surface area contributed by atoms with Crippen LogP contribution in [0.5, 0.6) is 40.2 Å². The van der Waals surface area contributed by atoms with Crippen molar-refractivity contribution in [1.29, 1.82) is 0 Å². The van der Waals surface area contributed by atoms with Gasteiger partial charge in [-0.1, -0.05) is 146 Å². The van der Waals surface area contributed by atoms with Gasteiger partial charge in [-0.3, -0.25) is 14.4 Å². The molecule has 83 heavy (non-hydrogen) atoms. The fraction of sp³-hybridized carbons (Fsp3) is 0.0758. The van der Waals surface area contributed by atoms with Gasteiger partial charge >= 0.3 is 59.4 Å². The second-order valence-electron chi connectivity index (χ2n) is 17.3. The molecular weight excluding hydrogens is 1070 g/mol. The number of hydrogen-bond donors (Lipinski definition) is 1. The summed E-state index contributed by atoms with van der Waals surface area (Å²) < 4.78 is 37.9. The Morgan fingerprint density at radius 2 is 0.627 bits per heavy atom. The molecule has 0 aliphatic carbocycles. The van der Waals surface area contributed by atoms with Crippen LogP contribution in [0.4, 0.5) is 0 Å². The van der Waals surface area contributed by atoms with E-state index in [0.717, 1.165) is 39.2 Å². The number of fused-ring (bicyclic) bond motifs is 3. The molecule has 0 atom stereocenters. The summed E-state index contributed by atoms with van der Waals surface area (Å²) in [6, 6.07) is 60.0. The smallest absolute Gasteiger partial charge is 0.550 e. The zero-order valence-electron chi connectivity index (χ0n) is 45.8. The number of rotatable bonds is 13. The van der Waals surface area contributed by atoms with Crippen molar-refractivity contribution in [2.45, 2.75) is 20.8 Å². The normalized spacial score (nSPS) is 10.1. The number of carboxylic acid groups (broad SMARTS) is 2. The van der Waals surface area contributed by atoms with Crippen LogP contribution in [0.3, 0.4) is 0 Å². The average molecular weight is 1120 g/mol. The number of benzene rings is 10. The van der Waals surface area contributed by atoms with Crippen LogP contribution >= 0.6 is 0 Å². The van der Waals surface area contributed by atoms with Gasteiger partial charge in [0.15, 0.2) is 0 Å². The Balaban J connectivity index is 0.000000222. The second-order valence-corrected chi connectivity index (χ2v) is 17.3. The van der Waals surface area contributed by atoms with Crippen molar-refractivity contribution in [3.63, 3.8) is 0 Å². The van der Waals surface area contributed by atoms with Gasteiger partial charge in [0, 0.05) is 57.7 Å². The van der Waals surface area contributed by atoms with Crippen molar-refractivity contribution in [1.82, 2.24) is 0 Å². The molecule has 0 spiro atoms. The number of ether oxygens (including phenoxy) is 7. The van der Waals surface area contributed by atoms with Crippen molar-refractivity contribution < 1.29 is 106 Å². The number of aliphatic carboxylic acids is 1. The maximum Gasteiger partial charge on any atom is 1.00 e. The quantitative estimate of drug-likeness (QED) is 0.0491. The number of esters is 4. The minimum absolute atomic E-state index is 0. The molecule has 17 heteroatoms. The first-order valence-corrected chi connectivity index (χ1v) is 25.0. The van der Waals surface area contributed by atoms with E-state index in [4.69, 9.17) is 48.2 Å². The van der Waals surface area contributed by atoms with Crippen LogP contribution in [0.15, 0.2) is 206 Å². The Labute approximate surface area is 498 Å². The summed E-state index contributed by atoms with van der Waals surface area (Å²) in [4.78, 5) is 79.7. The molecule has 0 radical (unpaired) electrons. The first-order valence-electron chi connectivity index (χ1n) is 25.0. The van der Waals surface area contributed by atoms with Crippen molar-refractivity contribution in [2.24, 2.45) is 0 Å². The molecule has 1 N–H and O–H groups in total. The molecule has 0 saturated carbocycles. The molecule has 16 nitrogen and oxygen atoms in total. The Morgan fingerprint density at radius 1 is 0.361 bits per heavy atom. The second kappa shape index (κ2) is 29.9. The number of aromatic carboxylic acids is 1. The summed E-state index contributed by atoms with van der Waals surface area (Å²) in [6.45, 7) is 3.98. The third kappa shape index (κ3) is 15.8. The Hall–Kier alpha value is -10.1. The molecule has 0 unspecified atom stereocenters. The van der Waals surface area contributed by atoms with E-state index < -0.39 is 23.9 Å². The summed E-state index contributed by atoms with van der Waals surface area (Å²) in [5.74, 6) is -0.562. The van der Waals surface area contributed by atoms with E-state index in [0.29, 0.717) is 80.1 Å². The van der Waals surface area contributed by atoms with Gasteiger partial charge in [0.1, 0.15) is 40.2 Å². The first-order chi connectivity index (χ1) is 39.6. The Morgan fingerprint density at radius 3 is 0.952 bits per heavy atom. The van der Waals surface area contributed by atoms with Gasteiger partial charge < -0.3 is 48.2 Å². The van der Waals surface area contributed by atoms with Crippen molar-refractivity contribution in [2.75, 3.05) is 14.2 Å². The number of hydrogen-bond acceptors (Lipinski definition) is 15. The van der Waals surface area contributed by atoms with Crippen molar-refractivity contribution in [3.8, 4) is 62.5 Å². The summed E-state index contributed by atoms with van der Waals surface area (Å²) in [7, 11) is 3.20. The molecule has 10 aromatic carbocycles. The molecule has 0 amide bonds. The molecule has 0 saturated heterocycles. The van der Waals surface area contributed by atoms with E-state index in [9.17, 15) is 28.8 Å². The van der Waals surface area contributed by atoms with Gasteiger partial charge in [0.2, 0.25) is 0 Å². The summed E-state index contributed by atoms with van der Waals surface area (Å²) in [5.41, 5.74) is 2.98. The molecule has 0 bridgehead atoms. The minimum atomic E-state index is -1.08. The van der Waals surface area contributed by atoms with E-state index in [1.165, 1.54) is 19.9 Å². The predicted octanol–water partition coefficient (Wildman–Crippen LogP) is 9.15. The third-order valence-electron chi connectivity index (χ3n) is 12.0. The van der Waals surface area contributed by atoms with Crippen LogP contribution in [-0.4, -0.2) is 61.6 Å². The molecule has 0 fully saturated rings. The Kier molecular flexibility index (Phi) is 22.4. The molecule has 10 aromatic rings. The fourth-order valence-corrected chi connectivity index (χ4v) is 8.63. The van der Waals surface area contributed by atoms with Gasteiger partial charge in [0.05, 0.1) is 30.9 Å². The van der Waals surface area contributed by atoms with E-state index in [2.05, 4.69) is 0 Å². The molecule has 0 aliphatic rings. The van der Waals surface area contributed by atoms with Gasteiger partial charge in [0.25, 0.3) is 6.47 Å². The topological polar surface area (TPSA) is 227 Å². The standard InChI is InChI=1S/C36H26O6.C14H12O4.C14H10O4.C2H4O2.Na/c1-39-31-19-7-17-27-25(31)15-9-21-33(27)41-35(37)29-13-5-3-11-23(29)24-12-4-6-14-30(24)36(38)42-34-22-10-16-26-28(34)18-8-20-32(26)40-2;1-9(15)17-13-7-3-6-12-11(13)5-4-8-14(12)18-10(2)16;15-9-18-13-8-4-3-6-11(13)10-5-1-2-7-12(10)14(16)17;1-2(3)4;/h3-22H,1-2H3;3-8H,1-2H3;1-9H,(H,16,17);1H3,(H,3,4);/q;;;;+1/p-1. The van der Waals surface area contributed by atoms with Gasteiger partial charge in [-0.05, 0) is 84.3 Å². The fourth-order valence-electron chi connectivity index (χ4n) is 8.63. The SMILES string of the molecule is CC(=O)Oc1cccc2c(OC(C)=O)cccc12.CC(=O)[O-].COc1cccc2c(OC(=O)c3ccccc3-c3ccccc3C(=O)Oc3cccc4c(OC)cccc34)cccc12.O=COc1ccccc1-c1ccccc1C(=O)O.[Na+]. The number of carboxylic acids is 2. The maximum atomic E-state index is 13.6. The summed E-state index contributed by atoms with van der Waals surface area (Å²) in [5, 5.41) is 22.6. The largest absolute Gasteiger partial charge is 1.00 e. The monoisotopic (exact) mass is 1120 g/mol. The van der Waals surface area contributed by atoms with Gasteiger partial charge in [-0.25, -0.2) is 14.4 Å². The minimum Gasteiger partial charge on any atom is -0.550 e. The van der Waals surface area contributed by atoms with Crippen LogP contribution < -0.4 is 67.8 Å². The molecular formula is C66H51NaO16. The zero-order valence-corrected chi connectivity index (χ0v) is 47.8. The van der Waals surface area contributed by atoms with Crippen LogP contribution in [0.2, 0.25) is 0 Å². The number of carbonyl (C=O) groups is 7. The maximum absolute atomic E-state index is 13.6. The molecule has 0 aliphatic heterocycles. The Bertz CT molecular complexity index is 3800. The van der Waals surface area contributed by atoms with Gasteiger partial charge in [-0.2, -0.15) is 0 Å².